The summed E-state index contributed by atoms with van der Waals surface area (Å²) < 4.78 is 24.1. The Morgan fingerprint density at radius 1 is 0.330 bits per heavy atom. The van der Waals surface area contributed by atoms with Gasteiger partial charge in [-0.1, -0.05) is 176 Å². The van der Waals surface area contributed by atoms with E-state index in [1.165, 1.54) is 43.1 Å². The predicted molar refractivity (Wildman–Crippen MR) is 359 cm³/mol. The Hall–Kier alpha value is -10.4. The van der Waals surface area contributed by atoms with Gasteiger partial charge in [-0.25, -0.2) is 29.9 Å². The molecule has 0 atom stereocenters. The Morgan fingerprint density at radius 2 is 0.750 bits per heavy atom. The van der Waals surface area contributed by atoms with Crippen molar-refractivity contribution >= 4 is 111 Å². The van der Waals surface area contributed by atoms with Crippen LogP contribution in [0.15, 0.2) is 264 Å². The normalized spacial score (nSPS) is 13.6. The molecule has 1 aliphatic heterocycles. The van der Waals surface area contributed by atoms with Crippen molar-refractivity contribution in [1.29, 1.82) is 0 Å². The molecule has 10 nitrogen and oxygen atoms in total. The molecule has 12 aromatic carbocycles. The van der Waals surface area contributed by atoms with Crippen molar-refractivity contribution in [2.45, 2.75) is 38.9 Å². The van der Waals surface area contributed by atoms with Crippen LogP contribution in [0.1, 0.15) is 27.7 Å². The first-order valence-electron chi connectivity index (χ1n) is 29.3. The first kappa shape index (κ1) is 54.2. The summed E-state index contributed by atoms with van der Waals surface area (Å²) in [6, 6.07) is 86.3. The average Bonchev–Trinajstić information content (AvgIpc) is 1.20. The van der Waals surface area contributed by atoms with Gasteiger partial charge in [0.05, 0.1) is 33.6 Å². The lowest BCUT2D eigenvalue weighted by atomic mass is 9.79. The zero-order valence-corrected chi connectivity index (χ0v) is 49.3. The van der Waals surface area contributed by atoms with Crippen molar-refractivity contribution in [1.82, 2.24) is 29.9 Å². The third-order valence-corrected chi connectivity index (χ3v) is 17.0. The zero-order valence-electron chi connectivity index (χ0n) is 48.5. The van der Waals surface area contributed by atoms with Crippen LogP contribution in [-0.2, 0) is 9.31 Å². The van der Waals surface area contributed by atoms with Gasteiger partial charge in [-0.05, 0) is 167 Å². The first-order valence-corrected chi connectivity index (χ1v) is 29.7. The topological polar surface area (TPSA) is 122 Å². The molecule has 17 rings (SSSR count). The van der Waals surface area contributed by atoms with Gasteiger partial charge in [0.1, 0.15) is 11.0 Å². The highest BCUT2D eigenvalue weighted by Crippen LogP contribution is 2.41. The van der Waals surface area contributed by atoms with Crippen LogP contribution in [0.5, 0.6) is 0 Å². The van der Waals surface area contributed by atoms with Crippen molar-refractivity contribution in [3.63, 3.8) is 0 Å². The van der Waals surface area contributed by atoms with Gasteiger partial charge in [0.15, 0.2) is 17.0 Å². The molecule has 5 heterocycles. The summed E-state index contributed by atoms with van der Waals surface area (Å²) in [6.45, 7) is 8.20. The number of benzene rings is 12. The van der Waals surface area contributed by atoms with E-state index >= 15 is 0 Å². The van der Waals surface area contributed by atoms with E-state index < -0.39 is 7.12 Å². The van der Waals surface area contributed by atoms with E-state index in [1.54, 1.807) is 0 Å². The first-order chi connectivity index (χ1) is 43.0. The molecule has 0 bridgehead atoms. The fraction of sp³-hybridized carbons (Fsp3) is 0.0789. The molecule has 0 unspecified atom stereocenters. The van der Waals surface area contributed by atoms with Crippen LogP contribution < -0.4 is 5.46 Å². The van der Waals surface area contributed by atoms with E-state index in [1.807, 2.05) is 133 Å². The lowest BCUT2D eigenvalue weighted by Gasteiger charge is -2.32. The second-order valence-electron chi connectivity index (χ2n) is 22.9. The van der Waals surface area contributed by atoms with Crippen molar-refractivity contribution in [2.24, 2.45) is 0 Å². The number of aromatic nitrogens is 6. The molecule has 0 N–H and O–H groups in total. The highest BCUT2D eigenvalue weighted by atomic mass is 35.5. The minimum atomic E-state index is -0.392. The maximum atomic E-state index is 6.22. The number of hydrogen-bond acceptors (Lipinski definition) is 10. The second kappa shape index (κ2) is 22.1. The number of rotatable bonds is 6. The Morgan fingerprint density at radius 3 is 1.28 bits per heavy atom. The number of fused-ring (bicyclic) bond motifs is 10. The van der Waals surface area contributed by atoms with E-state index in [0.717, 1.165) is 88.7 Å². The molecule has 16 aromatic rings. The fourth-order valence-electron chi connectivity index (χ4n) is 11.7. The van der Waals surface area contributed by atoms with E-state index in [-0.39, 0.29) is 16.5 Å². The van der Waals surface area contributed by atoms with Crippen LogP contribution >= 0.6 is 11.6 Å². The summed E-state index contributed by atoms with van der Waals surface area (Å²) in [5.41, 5.74) is 11.9. The minimum absolute atomic E-state index is 0.269. The summed E-state index contributed by atoms with van der Waals surface area (Å²) in [5.74, 6) is 1.88. The fourth-order valence-corrected chi connectivity index (χ4v) is 11.9. The molecule has 1 saturated heterocycles. The van der Waals surface area contributed by atoms with Crippen molar-refractivity contribution in [3.8, 4) is 56.8 Å². The maximum absolute atomic E-state index is 6.22. The van der Waals surface area contributed by atoms with Crippen LogP contribution in [0.3, 0.4) is 0 Å². The predicted octanol–water partition coefficient (Wildman–Crippen LogP) is 19.1. The number of para-hydroxylation sites is 2. The van der Waals surface area contributed by atoms with Gasteiger partial charge in [-0.3, -0.25) is 0 Å². The molecule has 0 spiro atoms. The molecule has 0 aliphatic carbocycles. The Balaban J connectivity index is 0.000000116. The number of nitrogens with zero attached hydrogens (tertiary/aromatic N) is 6. The van der Waals surface area contributed by atoms with Crippen LogP contribution in [-0.4, -0.2) is 48.2 Å². The van der Waals surface area contributed by atoms with Gasteiger partial charge >= 0.3 is 7.12 Å². The van der Waals surface area contributed by atoms with Crippen molar-refractivity contribution in [3.05, 3.63) is 260 Å². The second-order valence-corrected chi connectivity index (χ2v) is 23.3. The van der Waals surface area contributed by atoms with E-state index in [0.29, 0.717) is 17.6 Å². The van der Waals surface area contributed by atoms with Gasteiger partial charge in [0.2, 0.25) is 17.1 Å². The summed E-state index contributed by atoms with van der Waals surface area (Å²) in [6.07, 6.45) is 0. The molecule has 0 radical (unpaired) electrons. The molecule has 4 aromatic heterocycles. The molecule has 422 valence electrons. The van der Waals surface area contributed by atoms with E-state index in [9.17, 15) is 0 Å². The highest BCUT2D eigenvalue weighted by molar-refractivity contribution is 6.62. The molecule has 0 saturated carbocycles. The monoisotopic (exact) mass is 1160 g/mol. The molecular weight excluding hydrogens is 1110 g/mol. The molecule has 1 fully saturated rings. The number of hydrogen-bond donors (Lipinski definition) is 0. The summed E-state index contributed by atoms with van der Waals surface area (Å²) in [5, 5.41) is 11.9. The molecule has 88 heavy (non-hydrogen) atoms. The maximum Gasteiger partial charge on any atom is 0.494 e. The van der Waals surface area contributed by atoms with Crippen molar-refractivity contribution < 1.29 is 18.1 Å². The summed E-state index contributed by atoms with van der Waals surface area (Å²) >= 11 is 6.22. The lowest BCUT2D eigenvalue weighted by Crippen LogP contribution is -2.41. The smallest absolute Gasteiger partial charge is 0.436 e. The van der Waals surface area contributed by atoms with Crippen LogP contribution in [0.25, 0.3) is 144 Å². The third-order valence-electron chi connectivity index (χ3n) is 16.8. The van der Waals surface area contributed by atoms with Gasteiger partial charge in [0, 0.05) is 38.6 Å². The Bertz CT molecular complexity index is 5330. The zero-order chi connectivity index (χ0) is 59.5. The van der Waals surface area contributed by atoms with Gasteiger partial charge < -0.3 is 18.1 Å². The van der Waals surface area contributed by atoms with Crippen LogP contribution in [0, 0.1) is 0 Å². The van der Waals surface area contributed by atoms with Gasteiger partial charge in [-0.2, -0.15) is 0 Å². The largest absolute Gasteiger partial charge is 0.494 e. The summed E-state index contributed by atoms with van der Waals surface area (Å²) in [4.78, 5) is 28.5. The van der Waals surface area contributed by atoms with Crippen LogP contribution in [0.2, 0.25) is 5.28 Å². The van der Waals surface area contributed by atoms with Gasteiger partial charge in [-0.15, -0.1) is 0 Å². The standard InChI is InChI=1S/C35H21N3O.C22H13ClN2.C19H20BNO3/c1-2-10-22(11-3-1)35-37-31-21-24(18-19-32(31)39-35)34-36-30-17-9-8-16-28(30)33(38-34)29-20-23-12-4-5-13-25(23)26-14-6-7-15-27(26)29;23-22-24-20-12-6-5-11-18(20)21(25-22)19-13-14-7-1-2-8-15(14)16-9-3-4-10-17(16)19;1-18(2)19(3,4)24-20(23-18)14-10-11-16-15(12-14)21-17(22-16)13-8-6-5-7-9-13/h1-21H;1-13H;5-12H,1-4H3. The molecule has 12 heteroatoms. The number of halogens is 1. The highest BCUT2D eigenvalue weighted by Gasteiger charge is 2.51. The third kappa shape index (κ3) is 10.0. The molecule has 1 aliphatic rings. The van der Waals surface area contributed by atoms with E-state index in [2.05, 4.69) is 164 Å². The molecule has 0 amide bonds. The van der Waals surface area contributed by atoms with Crippen LogP contribution in [0.4, 0.5) is 0 Å². The Kier molecular flexibility index (Phi) is 13.6. The molecular formula is C76H54BClN6O4. The average molecular weight is 1160 g/mol. The summed E-state index contributed by atoms with van der Waals surface area (Å²) in [7, 11) is -0.392. The van der Waals surface area contributed by atoms with Crippen molar-refractivity contribution in [2.75, 3.05) is 0 Å². The van der Waals surface area contributed by atoms with E-state index in [4.69, 9.17) is 44.7 Å². The minimum Gasteiger partial charge on any atom is -0.436 e. The number of oxazole rings is 2. The SMILES string of the molecule is CC1(C)OB(c2ccc3oc(-c4ccccc4)nc3c2)OC1(C)C.Clc1nc(-c2cc3ccccc3c3ccccc23)c2ccccc2n1.c1ccc(-c2nc3cc(-c4nc(-c5cc6ccccc6c6ccccc56)c5ccccc5n4)ccc3o2)cc1. The quantitative estimate of drug-likeness (QED) is 0.0903. The van der Waals surface area contributed by atoms with Gasteiger partial charge in [0.25, 0.3) is 0 Å². The Labute approximate surface area is 512 Å². The lowest BCUT2D eigenvalue weighted by molar-refractivity contribution is 0.00578.